The molecule has 1 fully saturated rings. The van der Waals surface area contributed by atoms with E-state index in [9.17, 15) is 4.79 Å². The lowest BCUT2D eigenvalue weighted by Crippen LogP contribution is -2.31. The first-order valence-electron chi connectivity index (χ1n) is 10.2. The van der Waals surface area contributed by atoms with Gasteiger partial charge in [0.05, 0.1) is 30.0 Å². The van der Waals surface area contributed by atoms with Gasteiger partial charge in [0.15, 0.2) is 0 Å². The molecule has 0 radical (unpaired) electrons. The van der Waals surface area contributed by atoms with Crippen molar-refractivity contribution in [3.8, 4) is 11.4 Å². The minimum absolute atomic E-state index is 0.0939. The number of carbonyl (C=O) groups is 1. The Morgan fingerprint density at radius 1 is 1.50 bits per heavy atom. The number of aliphatic carboxylic acids is 1. The van der Waals surface area contributed by atoms with Crippen molar-refractivity contribution in [2.75, 3.05) is 25.1 Å². The van der Waals surface area contributed by atoms with Crippen LogP contribution >= 0.6 is 0 Å². The highest BCUT2D eigenvalue weighted by atomic mass is 16.5. The van der Waals surface area contributed by atoms with Gasteiger partial charge in [-0.15, -0.1) is 0 Å². The van der Waals surface area contributed by atoms with Crippen LogP contribution in [0.15, 0.2) is 31.0 Å². The predicted octanol–water partition coefficient (Wildman–Crippen LogP) is 4.24. The number of rotatable bonds is 9. The number of aromatic amines is 1. The lowest BCUT2D eigenvalue weighted by Gasteiger charge is -2.27. The summed E-state index contributed by atoms with van der Waals surface area (Å²) in [4.78, 5) is 25.5. The third kappa shape index (κ3) is 5.16. The summed E-state index contributed by atoms with van der Waals surface area (Å²) in [6.45, 7) is 9.14. The topological polar surface area (TPSA) is 91.3 Å². The van der Waals surface area contributed by atoms with E-state index in [0.29, 0.717) is 6.61 Å². The van der Waals surface area contributed by atoms with E-state index in [0.717, 1.165) is 48.0 Å². The van der Waals surface area contributed by atoms with Gasteiger partial charge in [-0.05, 0) is 56.9 Å². The summed E-state index contributed by atoms with van der Waals surface area (Å²) < 4.78 is 5.92. The quantitative estimate of drug-likeness (QED) is 0.642. The average Bonchev–Trinajstić information content (AvgIpc) is 3.30. The van der Waals surface area contributed by atoms with Gasteiger partial charge in [-0.25, -0.2) is 9.97 Å². The molecule has 0 aromatic carbocycles. The maximum Gasteiger partial charge on any atom is 0.303 e. The molecule has 0 bridgehead atoms. The minimum atomic E-state index is -0.760. The van der Waals surface area contributed by atoms with Crippen LogP contribution < -0.4 is 4.90 Å². The summed E-state index contributed by atoms with van der Waals surface area (Å²) >= 11 is 0. The van der Waals surface area contributed by atoms with Gasteiger partial charge >= 0.3 is 5.97 Å². The Balaban J connectivity index is 1.61. The fourth-order valence-corrected chi connectivity index (χ4v) is 3.86. The second-order valence-corrected chi connectivity index (χ2v) is 8.09. The molecule has 30 heavy (non-hydrogen) atoms. The highest BCUT2D eigenvalue weighted by Gasteiger charge is 2.37. The second kappa shape index (κ2) is 9.26. The molecule has 3 heterocycles. The van der Waals surface area contributed by atoms with Crippen LogP contribution in [0.4, 0.5) is 5.82 Å². The summed E-state index contributed by atoms with van der Waals surface area (Å²) in [6, 6.07) is 3.98. The van der Waals surface area contributed by atoms with E-state index < -0.39 is 5.97 Å². The van der Waals surface area contributed by atoms with E-state index in [4.69, 9.17) is 9.84 Å². The SMILES string of the molecule is C=Cc1nc(-c2ccc(N(C)CCC3(C)CC(CC(=O)O)CO3)nc2)[nH]c1/C=C\C. The molecular weight excluding hydrogens is 380 g/mol. The van der Waals surface area contributed by atoms with Crippen LogP contribution in [0.1, 0.15) is 44.5 Å². The summed E-state index contributed by atoms with van der Waals surface area (Å²) in [5, 5.41) is 8.99. The van der Waals surface area contributed by atoms with E-state index in [-0.39, 0.29) is 17.9 Å². The monoisotopic (exact) mass is 410 g/mol. The second-order valence-electron chi connectivity index (χ2n) is 8.09. The van der Waals surface area contributed by atoms with Crippen molar-refractivity contribution in [1.82, 2.24) is 15.0 Å². The molecule has 0 saturated carbocycles. The van der Waals surface area contributed by atoms with E-state index in [1.807, 2.05) is 44.5 Å². The highest BCUT2D eigenvalue weighted by molar-refractivity contribution is 5.67. The first-order chi connectivity index (χ1) is 14.3. The van der Waals surface area contributed by atoms with Gasteiger partial charge in [0.25, 0.3) is 0 Å². The van der Waals surface area contributed by atoms with Gasteiger partial charge in [0.1, 0.15) is 11.6 Å². The van der Waals surface area contributed by atoms with Gasteiger partial charge in [-0.1, -0.05) is 12.7 Å². The Morgan fingerprint density at radius 2 is 2.30 bits per heavy atom. The number of carboxylic acids is 1. The smallest absolute Gasteiger partial charge is 0.303 e. The highest BCUT2D eigenvalue weighted by Crippen LogP contribution is 2.34. The van der Waals surface area contributed by atoms with Crippen LogP contribution in [-0.4, -0.2) is 51.8 Å². The third-order valence-corrected chi connectivity index (χ3v) is 5.53. The molecule has 7 nitrogen and oxygen atoms in total. The minimum Gasteiger partial charge on any atom is -0.481 e. The molecular formula is C23H30N4O3. The zero-order valence-electron chi connectivity index (χ0n) is 17.9. The lowest BCUT2D eigenvalue weighted by molar-refractivity contribution is -0.138. The van der Waals surface area contributed by atoms with Crippen molar-refractivity contribution in [2.45, 2.75) is 38.7 Å². The number of pyridine rings is 1. The number of imidazole rings is 1. The molecule has 7 heteroatoms. The number of hydrogen-bond donors (Lipinski definition) is 2. The van der Waals surface area contributed by atoms with Crippen molar-refractivity contribution in [1.29, 1.82) is 0 Å². The molecule has 2 N–H and O–H groups in total. The Morgan fingerprint density at radius 3 is 2.93 bits per heavy atom. The number of aromatic nitrogens is 3. The molecule has 1 aliphatic rings. The van der Waals surface area contributed by atoms with Gasteiger partial charge in [0.2, 0.25) is 0 Å². The van der Waals surface area contributed by atoms with Gasteiger partial charge < -0.3 is 19.7 Å². The van der Waals surface area contributed by atoms with Crippen LogP contribution in [0, 0.1) is 5.92 Å². The Kier molecular flexibility index (Phi) is 6.72. The fraction of sp³-hybridized carbons (Fsp3) is 0.435. The number of nitrogens with zero attached hydrogens (tertiary/aromatic N) is 3. The van der Waals surface area contributed by atoms with Crippen molar-refractivity contribution >= 4 is 23.9 Å². The zero-order chi connectivity index (χ0) is 21.7. The molecule has 3 rings (SSSR count). The fourth-order valence-electron chi connectivity index (χ4n) is 3.86. The van der Waals surface area contributed by atoms with E-state index >= 15 is 0 Å². The maximum atomic E-state index is 10.9. The molecule has 2 unspecified atom stereocenters. The molecule has 2 aromatic heterocycles. The number of ether oxygens (including phenoxy) is 1. The zero-order valence-corrected chi connectivity index (χ0v) is 17.9. The maximum absolute atomic E-state index is 10.9. The van der Waals surface area contributed by atoms with Crippen molar-refractivity contribution in [3.63, 3.8) is 0 Å². The Bertz CT molecular complexity index is 919. The number of hydrogen-bond acceptors (Lipinski definition) is 5. The molecule has 0 spiro atoms. The first kappa shape index (κ1) is 21.8. The van der Waals surface area contributed by atoms with Crippen LogP contribution in [0.25, 0.3) is 23.5 Å². The molecule has 2 atom stereocenters. The summed E-state index contributed by atoms with van der Waals surface area (Å²) in [7, 11) is 2.00. The van der Waals surface area contributed by atoms with Gasteiger partial charge in [-0.3, -0.25) is 4.79 Å². The van der Waals surface area contributed by atoms with E-state index in [1.165, 1.54) is 0 Å². The number of allylic oxidation sites excluding steroid dienone is 1. The number of nitrogens with one attached hydrogen (secondary N) is 1. The number of anilines is 1. The lowest BCUT2D eigenvalue weighted by atomic mass is 9.91. The molecule has 1 saturated heterocycles. The Hall–Kier alpha value is -2.93. The van der Waals surface area contributed by atoms with Crippen LogP contribution in [0.5, 0.6) is 0 Å². The number of carboxylic acid groups (broad SMARTS) is 1. The van der Waals surface area contributed by atoms with Gasteiger partial charge in [-0.2, -0.15) is 0 Å². The summed E-state index contributed by atoms with van der Waals surface area (Å²) in [5.41, 5.74) is 2.37. The standard InChI is InChI=1S/C23H30N4O3/c1-5-7-19-18(6-2)25-22(26-19)17-8-9-20(24-14-17)27(4)11-10-23(3)13-16(15-30-23)12-21(28)29/h5-9,14,16H,2,10-13,15H2,1,3-4H3,(H,25,26)(H,28,29)/b7-5-. The van der Waals surface area contributed by atoms with Gasteiger partial charge in [0, 0.05) is 25.4 Å². The first-order valence-corrected chi connectivity index (χ1v) is 10.2. The predicted molar refractivity (Wildman–Crippen MR) is 119 cm³/mol. The van der Waals surface area contributed by atoms with Crippen molar-refractivity contribution in [2.24, 2.45) is 5.92 Å². The van der Waals surface area contributed by atoms with Crippen molar-refractivity contribution in [3.05, 3.63) is 42.4 Å². The van der Waals surface area contributed by atoms with Crippen molar-refractivity contribution < 1.29 is 14.6 Å². The number of H-pyrrole nitrogens is 1. The van der Waals surface area contributed by atoms with E-state index in [1.54, 1.807) is 6.08 Å². The summed E-state index contributed by atoms with van der Waals surface area (Å²) in [5.74, 6) is 0.961. The Labute approximate surface area is 177 Å². The molecule has 2 aromatic rings. The molecule has 160 valence electrons. The normalized spacial score (nSPS) is 21.2. The summed E-state index contributed by atoms with van der Waals surface area (Å²) in [6.07, 6.45) is 9.24. The third-order valence-electron chi connectivity index (χ3n) is 5.53. The molecule has 1 aliphatic heterocycles. The largest absolute Gasteiger partial charge is 0.481 e. The molecule has 0 amide bonds. The average molecular weight is 411 g/mol. The van der Waals surface area contributed by atoms with E-state index in [2.05, 4.69) is 33.4 Å². The molecule has 0 aliphatic carbocycles. The van der Waals surface area contributed by atoms with Crippen LogP contribution in [-0.2, 0) is 9.53 Å². The van der Waals surface area contributed by atoms with Crippen LogP contribution in [0.2, 0.25) is 0 Å². The van der Waals surface area contributed by atoms with Crippen LogP contribution in [0.3, 0.4) is 0 Å².